The predicted molar refractivity (Wildman–Crippen MR) is 65.3 cm³/mol. The smallest absolute Gasteiger partial charge is 0.106 e. The first-order valence-electron chi connectivity index (χ1n) is 5.91. The molecule has 90 valence electrons. The van der Waals surface area contributed by atoms with Gasteiger partial charge >= 0.3 is 0 Å². The number of aryl methyl sites for hydroxylation is 1. The minimum absolute atomic E-state index is 0.438. The van der Waals surface area contributed by atoms with Gasteiger partial charge in [0.25, 0.3) is 0 Å². The van der Waals surface area contributed by atoms with Gasteiger partial charge in [-0.05, 0) is 12.8 Å². The number of rotatable bonds is 4. The summed E-state index contributed by atoms with van der Waals surface area (Å²) in [6.45, 7) is 0. The molecule has 0 bridgehead atoms. The summed E-state index contributed by atoms with van der Waals surface area (Å²) in [7, 11) is 1.82. The second kappa shape index (κ2) is 5.68. The van der Waals surface area contributed by atoms with Crippen LogP contribution in [0.15, 0.2) is 6.20 Å². The fourth-order valence-electron chi connectivity index (χ4n) is 2.14. The summed E-state index contributed by atoms with van der Waals surface area (Å²) < 4.78 is 1.64. The van der Waals surface area contributed by atoms with Crippen LogP contribution in [0.5, 0.6) is 0 Å². The van der Waals surface area contributed by atoms with Crippen LogP contribution in [0, 0.1) is 0 Å². The molecule has 1 saturated carbocycles. The lowest BCUT2D eigenvalue weighted by Gasteiger charge is -2.22. The van der Waals surface area contributed by atoms with Crippen molar-refractivity contribution >= 4 is 11.8 Å². The number of aliphatic hydroxyl groups excluding tert-OH is 1. The van der Waals surface area contributed by atoms with Crippen molar-refractivity contribution in [3.63, 3.8) is 0 Å². The first-order chi connectivity index (χ1) is 7.77. The fourth-order valence-corrected chi connectivity index (χ4v) is 3.44. The molecule has 16 heavy (non-hydrogen) atoms. The summed E-state index contributed by atoms with van der Waals surface area (Å²) in [6.07, 6.45) is 7.90. The Labute approximate surface area is 100 Å². The quantitative estimate of drug-likeness (QED) is 0.875. The maximum Gasteiger partial charge on any atom is 0.106 e. The van der Waals surface area contributed by atoms with Crippen LogP contribution in [0.3, 0.4) is 0 Å². The number of aromatic nitrogens is 3. The minimum atomic E-state index is -0.438. The van der Waals surface area contributed by atoms with Crippen molar-refractivity contribution in [1.29, 1.82) is 0 Å². The third kappa shape index (κ3) is 2.98. The zero-order chi connectivity index (χ0) is 11.4. The summed E-state index contributed by atoms with van der Waals surface area (Å²) in [5.74, 6) is 0.756. The van der Waals surface area contributed by atoms with Crippen molar-refractivity contribution in [1.82, 2.24) is 15.0 Å². The highest BCUT2D eigenvalue weighted by atomic mass is 32.2. The number of aliphatic hydroxyl groups is 1. The molecule has 0 aliphatic heterocycles. The first-order valence-corrected chi connectivity index (χ1v) is 6.96. The van der Waals surface area contributed by atoms with Crippen LogP contribution < -0.4 is 0 Å². The highest BCUT2D eigenvalue weighted by molar-refractivity contribution is 7.99. The molecule has 1 aromatic rings. The van der Waals surface area contributed by atoms with Gasteiger partial charge in [0, 0.05) is 18.1 Å². The van der Waals surface area contributed by atoms with Gasteiger partial charge in [0.2, 0.25) is 0 Å². The highest BCUT2D eigenvalue weighted by Gasteiger charge is 2.18. The SMILES string of the molecule is Cn1nncc1C(O)CSC1CCCCC1. The summed E-state index contributed by atoms with van der Waals surface area (Å²) >= 11 is 1.89. The topological polar surface area (TPSA) is 50.9 Å². The Morgan fingerprint density at radius 2 is 2.25 bits per heavy atom. The van der Waals surface area contributed by atoms with Crippen LogP contribution in [0.1, 0.15) is 43.9 Å². The lowest BCUT2D eigenvalue weighted by atomic mass is 10.0. The average Bonchev–Trinajstić information content (AvgIpc) is 2.74. The van der Waals surface area contributed by atoms with E-state index in [9.17, 15) is 5.11 Å². The van der Waals surface area contributed by atoms with Gasteiger partial charge in [-0.15, -0.1) is 5.10 Å². The van der Waals surface area contributed by atoms with Crippen molar-refractivity contribution in [3.05, 3.63) is 11.9 Å². The Morgan fingerprint density at radius 3 is 2.88 bits per heavy atom. The van der Waals surface area contributed by atoms with E-state index in [0.717, 1.165) is 16.7 Å². The Morgan fingerprint density at radius 1 is 1.50 bits per heavy atom. The van der Waals surface area contributed by atoms with Crippen molar-refractivity contribution in [2.75, 3.05) is 5.75 Å². The molecular formula is C11H19N3OS. The molecule has 1 unspecified atom stereocenters. The van der Waals surface area contributed by atoms with E-state index in [-0.39, 0.29) is 0 Å². The fraction of sp³-hybridized carbons (Fsp3) is 0.818. The Kier molecular flexibility index (Phi) is 4.23. The largest absolute Gasteiger partial charge is 0.386 e. The lowest BCUT2D eigenvalue weighted by Crippen LogP contribution is -2.13. The second-order valence-electron chi connectivity index (χ2n) is 4.39. The summed E-state index contributed by atoms with van der Waals surface area (Å²) in [4.78, 5) is 0. The normalized spacial score (nSPS) is 19.9. The molecule has 5 heteroatoms. The van der Waals surface area contributed by atoms with Crippen molar-refractivity contribution in [2.45, 2.75) is 43.5 Å². The molecule has 1 N–H and O–H groups in total. The van der Waals surface area contributed by atoms with Crippen molar-refractivity contribution in [2.24, 2.45) is 7.05 Å². The summed E-state index contributed by atoms with van der Waals surface area (Å²) in [5.41, 5.74) is 0.809. The van der Waals surface area contributed by atoms with E-state index in [1.165, 1.54) is 32.1 Å². The van der Waals surface area contributed by atoms with Gasteiger partial charge in [0.15, 0.2) is 0 Å². The predicted octanol–water partition coefficient (Wildman–Crippen LogP) is 1.91. The molecular weight excluding hydrogens is 222 g/mol. The van der Waals surface area contributed by atoms with Crippen molar-refractivity contribution < 1.29 is 5.11 Å². The molecule has 4 nitrogen and oxygen atoms in total. The van der Waals surface area contributed by atoms with Gasteiger partial charge in [-0.2, -0.15) is 11.8 Å². The zero-order valence-electron chi connectivity index (χ0n) is 9.67. The second-order valence-corrected chi connectivity index (χ2v) is 5.72. The molecule has 0 amide bonds. The van der Waals surface area contributed by atoms with Crippen LogP contribution in [-0.4, -0.2) is 31.1 Å². The monoisotopic (exact) mass is 241 g/mol. The standard InChI is InChI=1S/C11H19N3OS/c1-14-10(7-12-13-14)11(15)8-16-9-5-3-2-4-6-9/h7,9,11,15H,2-6,8H2,1H3. The molecule has 2 rings (SSSR count). The number of hydrogen-bond donors (Lipinski definition) is 1. The van der Waals surface area contributed by atoms with Crippen LogP contribution in [0.2, 0.25) is 0 Å². The van der Waals surface area contributed by atoms with Gasteiger partial charge in [-0.3, -0.25) is 0 Å². The van der Waals surface area contributed by atoms with E-state index >= 15 is 0 Å². The first kappa shape index (κ1) is 11.9. The van der Waals surface area contributed by atoms with Gasteiger partial charge in [0.1, 0.15) is 6.10 Å². The summed E-state index contributed by atoms with van der Waals surface area (Å²) in [6, 6.07) is 0. The highest BCUT2D eigenvalue weighted by Crippen LogP contribution is 2.30. The van der Waals surface area contributed by atoms with Crippen LogP contribution in [-0.2, 0) is 7.05 Å². The molecule has 1 aromatic heterocycles. The van der Waals surface area contributed by atoms with Crippen LogP contribution in [0.25, 0.3) is 0 Å². The molecule has 1 atom stereocenters. The minimum Gasteiger partial charge on any atom is -0.386 e. The zero-order valence-corrected chi connectivity index (χ0v) is 10.5. The molecule has 1 aliphatic rings. The third-order valence-electron chi connectivity index (χ3n) is 3.13. The number of thioether (sulfide) groups is 1. The van der Waals surface area contributed by atoms with Gasteiger partial charge in [-0.1, -0.05) is 24.5 Å². The van der Waals surface area contributed by atoms with E-state index in [1.807, 2.05) is 18.8 Å². The van der Waals surface area contributed by atoms with Crippen molar-refractivity contribution in [3.8, 4) is 0 Å². The third-order valence-corrected chi connectivity index (χ3v) is 4.58. The van der Waals surface area contributed by atoms with E-state index < -0.39 is 6.10 Å². The van der Waals surface area contributed by atoms with E-state index in [2.05, 4.69) is 10.3 Å². The summed E-state index contributed by atoms with van der Waals surface area (Å²) in [5, 5.41) is 18.4. The van der Waals surface area contributed by atoms with Crippen LogP contribution >= 0.6 is 11.8 Å². The Bertz CT molecular complexity index is 323. The van der Waals surface area contributed by atoms with E-state index in [4.69, 9.17) is 0 Å². The van der Waals surface area contributed by atoms with Gasteiger partial charge in [-0.25, -0.2) is 4.68 Å². The van der Waals surface area contributed by atoms with Gasteiger partial charge < -0.3 is 5.11 Å². The Balaban J connectivity index is 1.79. The van der Waals surface area contributed by atoms with Gasteiger partial charge in [0.05, 0.1) is 11.9 Å². The molecule has 0 radical (unpaired) electrons. The molecule has 1 heterocycles. The lowest BCUT2D eigenvalue weighted by molar-refractivity contribution is 0.193. The van der Waals surface area contributed by atoms with Crippen LogP contribution in [0.4, 0.5) is 0 Å². The molecule has 0 aromatic carbocycles. The van der Waals surface area contributed by atoms with E-state index in [1.54, 1.807) is 10.9 Å². The average molecular weight is 241 g/mol. The molecule has 1 fully saturated rings. The maximum absolute atomic E-state index is 10.00. The Hall–Kier alpha value is -0.550. The molecule has 1 aliphatic carbocycles. The molecule has 0 spiro atoms. The number of nitrogens with zero attached hydrogens (tertiary/aromatic N) is 3. The maximum atomic E-state index is 10.00. The van der Waals surface area contributed by atoms with E-state index in [0.29, 0.717) is 0 Å². The number of hydrogen-bond acceptors (Lipinski definition) is 4. The molecule has 0 saturated heterocycles.